The number of likely N-dealkylation sites (tertiary alicyclic amines) is 1. The molecule has 1 N–H and O–H groups in total. The van der Waals surface area contributed by atoms with Gasteiger partial charge in [-0.05, 0) is 55.6 Å². The number of hydrogen-bond donors (Lipinski definition) is 1. The first-order valence-corrected chi connectivity index (χ1v) is 10.2. The van der Waals surface area contributed by atoms with Gasteiger partial charge in [0.1, 0.15) is 11.5 Å². The number of alkyl halides is 3. The van der Waals surface area contributed by atoms with Crippen LogP contribution in [0.1, 0.15) is 32.3 Å². The number of rotatable bonds is 6. The van der Waals surface area contributed by atoms with Gasteiger partial charge in [0.25, 0.3) is 0 Å². The van der Waals surface area contributed by atoms with Gasteiger partial charge in [-0.1, -0.05) is 13.8 Å². The summed E-state index contributed by atoms with van der Waals surface area (Å²) >= 11 is 0. The number of carbonyl (C=O) groups is 1. The first kappa shape index (κ1) is 22.9. The Morgan fingerprint density at radius 3 is 2.32 bits per heavy atom. The van der Waals surface area contributed by atoms with Crippen LogP contribution >= 0.6 is 0 Å². The molecule has 0 atom stereocenters. The normalized spacial score (nSPS) is 15.2. The van der Waals surface area contributed by atoms with E-state index < -0.39 is 17.8 Å². The van der Waals surface area contributed by atoms with E-state index in [1.807, 2.05) is 0 Å². The van der Waals surface area contributed by atoms with Gasteiger partial charge in [0, 0.05) is 31.4 Å². The van der Waals surface area contributed by atoms with Crippen LogP contribution in [0.15, 0.2) is 42.6 Å². The summed E-state index contributed by atoms with van der Waals surface area (Å²) in [6.07, 6.45) is -2.37. The average Bonchev–Trinajstić information content (AvgIpc) is 2.74. The van der Waals surface area contributed by atoms with E-state index in [0.717, 1.165) is 31.5 Å². The molecule has 1 aliphatic heterocycles. The van der Waals surface area contributed by atoms with Crippen LogP contribution in [0, 0.1) is 5.92 Å². The summed E-state index contributed by atoms with van der Waals surface area (Å²) in [7, 11) is 0. The minimum Gasteiger partial charge on any atom is -0.439 e. The van der Waals surface area contributed by atoms with Gasteiger partial charge in [-0.2, -0.15) is 13.2 Å². The average molecular weight is 437 g/mol. The van der Waals surface area contributed by atoms with Gasteiger partial charge >= 0.3 is 12.3 Å². The highest BCUT2D eigenvalue weighted by Crippen LogP contribution is 2.30. The van der Waals surface area contributed by atoms with Crippen molar-refractivity contribution < 1.29 is 27.4 Å². The maximum atomic E-state index is 12.6. The highest BCUT2D eigenvalue weighted by molar-refractivity contribution is 5.70. The summed E-state index contributed by atoms with van der Waals surface area (Å²) in [6, 6.07) is 8.72. The van der Waals surface area contributed by atoms with Crippen molar-refractivity contribution >= 4 is 6.09 Å². The molecule has 0 radical (unpaired) electrons. The number of carbonyl (C=O) groups excluding carboxylic acids is 1. The molecule has 0 bridgehead atoms. The van der Waals surface area contributed by atoms with Crippen molar-refractivity contribution in [1.82, 2.24) is 15.2 Å². The highest BCUT2D eigenvalue weighted by Gasteiger charge is 2.30. The second-order valence-corrected chi connectivity index (χ2v) is 7.89. The van der Waals surface area contributed by atoms with E-state index in [2.05, 4.69) is 24.1 Å². The Morgan fingerprint density at radius 2 is 1.77 bits per heavy atom. The van der Waals surface area contributed by atoms with Crippen molar-refractivity contribution in [2.75, 3.05) is 19.6 Å². The minimum absolute atomic E-state index is 0.0340. The third-order valence-electron chi connectivity index (χ3n) is 4.88. The number of hydrogen-bond acceptors (Lipinski definition) is 5. The summed E-state index contributed by atoms with van der Waals surface area (Å²) in [5, 5.41) is 3.51. The number of nitrogens with zero attached hydrogens (tertiary/aromatic N) is 2. The molecule has 9 heteroatoms. The number of pyridine rings is 1. The van der Waals surface area contributed by atoms with Crippen molar-refractivity contribution in [3.63, 3.8) is 0 Å². The smallest absolute Gasteiger partial charge is 0.417 e. The lowest BCUT2D eigenvalue weighted by molar-refractivity contribution is -0.137. The van der Waals surface area contributed by atoms with E-state index >= 15 is 0 Å². The number of nitrogens with one attached hydrogen (secondary N) is 1. The van der Waals surface area contributed by atoms with Gasteiger partial charge in [0.15, 0.2) is 0 Å². The van der Waals surface area contributed by atoms with Crippen molar-refractivity contribution in [1.29, 1.82) is 0 Å². The van der Waals surface area contributed by atoms with Crippen LogP contribution in [-0.2, 0) is 6.18 Å². The molecule has 3 rings (SSSR count). The fourth-order valence-electron chi connectivity index (χ4n) is 3.14. The number of aromatic nitrogens is 1. The number of piperidine rings is 1. The van der Waals surface area contributed by atoms with Gasteiger partial charge in [-0.15, -0.1) is 0 Å². The predicted octanol–water partition coefficient (Wildman–Crippen LogP) is 5.10. The van der Waals surface area contributed by atoms with E-state index in [1.54, 1.807) is 29.2 Å². The summed E-state index contributed by atoms with van der Waals surface area (Å²) in [6.45, 7) is 6.56. The van der Waals surface area contributed by atoms with Crippen LogP contribution in [0.2, 0.25) is 0 Å². The van der Waals surface area contributed by atoms with Crippen LogP contribution in [0.25, 0.3) is 0 Å². The molecule has 0 aliphatic carbocycles. The molecule has 31 heavy (non-hydrogen) atoms. The lowest BCUT2D eigenvalue weighted by Gasteiger charge is -2.32. The number of ether oxygens (including phenoxy) is 2. The Kier molecular flexibility index (Phi) is 7.37. The number of amides is 1. The molecule has 1 saturated heterocycles. The van der Waals surface area contributed by atoms with Gasteiger partial charge in [0.2, 0.25) is 5.88 Å². The highest BCUT2D eigenvalue weighted by atomic mass is 19.4. The molecule has 6 nitrogen and oxygen atoms in total. The molecule has 1 fully saturated rings. The minimum atomic E-state index is -4.45. The Labute approximate surface area is 179 Å². The third kappa shape index (κ3) is 6.85. The van der Waals surface area contributed by atoms with E-state index in [-0.39, 0.29) is 5.88 Å². The molecule has 2 heterocycles. The molecule has 1 amide bonds. The van der Waals surface area contributed by atoms with E-state index in [9.17, 15) is 18.0 Å². The number of halogens is 3. The molecule has 2 aromatic rings. The molecule has 0 unspecified atom stereocenters. The molecule has 168 valence electrons. The first-order valence-electron chi connectivity index (χ1n) is 10.2. The Morgan fingerprint density at radius 1 is 1.13 bits per heavy atom. The molecule has 0 spiro atoms. The summed E-state index contributed by atoms with van der Waals surface area (Å²) in [5.74, 6) is 1.35. The maximum Gasteiger partial charge on any atom is 0.417 e. The Balaban J connectivity index is 1.47. The SMILES string of the molecule is CC(C)CNC1CCN(C(=O)Oc2ccc(Oc3ccc(C(F)(F)F)cn3)cc2)CC1. The summed E-state index contributed by atoms with van der Waals surface area (Å²) < 4.78 is 48.6. The zero-order chi connectivity index (χ0) is 22.4. The van der Waals surface area contributed by atoms with Gasteiger partial charge in [-0.3, -0.25) is 0 Å². The summed E-state index contributed by atoms with van der Waals surface area (Å²) in [4.78, 5) is 17.7. The topological polar surface area (TPSA) is 63.7 Å². The van der Waals surface area contributed by atoms with Gasteiger partial charge in [0.05, 0.1) is 5.56 Å². The zero-order valence-electron chi connectivity index (χ0n) is 17.5. The van der Waals surface area contributed by atoms with Crippen molar-refractivity contribution in [2.45, 2.75) is 38.9 Å². The fourth-order valence-corrected chi connectivity index (χ4v) is 3.14. The first-order chi connectivity index (χ1) is 14.7. The molecular formula is C22H26F3N3O3. The molecule has 1 aromatic heterocycles. The molecular weight excluding hydrogens is 411 g/mol. The van der Waals surface area contributed by atoms with Crippen LogP contribution in [0.4, 0.5) is 18.0 Å². The standard InChI is InChI=1S/C22H26F3N3O3/c1-15(2)13-26-17-9-11-28(12-10-17)21(29)31-19-6-4-18(5-7-19)30-20-8-3-16(14-27-20)22(23,24)25/h3-8,14-15,17,26H,9-13H2,1-2H3. The number of benzene rings is 1. The van der Waals surface area contributed by atoms with Crippen molar-refractivity contribution in [3.05, 3.63) is 48.2 Å². The third-order valence-corrected chi connectivity index (χ3v) is 4.88. The summed E-state index contributed by atoms with van der Waals surface area (Å²) in [5.41, 5.74) is -0.846. The van der Waals surface area contributed by atoms with Crippen LogP contribution in [0.5, 0.6) is 17.4 Å². The van der Waals surface area contributed by atoms with Gasteiger partial charge < -0.3 is 19.7 Å². The van der Waals surface area contributed by atoms with E-state index in [0.29, 0.717) is 42.7 Å². The van der Waals surface area contributed by atoms with Crippen LogP contribution < -0.4 is 14.8 Å². The second kappa shape index (κ2) is 10.00. The largest absolute Gasteiger partial charge is 0.439 e. The van der Waals surface area contributed by atoms with Crippen LogP contribution in [0.3, 0.4) is 0 Å². The zero-order valence-corrected chi connectivity index (χ0v) is 17.5. The van der Waals surface area contributed by atoms with Crippen LogP contribution in [-0.4, -0.2) is 41.7 Å². The van der Waals surface area contributed by atoms with Gasteiger partial charge in [-0.25, -0.2) is 9.78 Å². The van der Waals surface area contributed by atoms with E-state index in [1.165, 1.54) is 0 Å². The molecule has 1 aromatic carbocycles. The lowest BCUT2D eigenvalue weighted by Crippen LogP contribution is -2.46. The molecule has 1 aliphatic rings. The quantitative estimate of drug-likeness (QED) is 0.681. The van der Waals surface area contributed by atoms with Crippen molar-refractivity contribution in [2.24, 2.45) is 5.92 Å². The Hall–Kier alpha value is -2.81. The van der Waals surface area contributed by atoms with Crippen molar-refractivity contribution in [3.8, 4) is 17.4 Å². The Bertz CT molecular complexity index is 847. The second-order valence-electron chi connectivity index (χ2n) is 7.89. The molecule has 0 saturated carbocycles. The fraction of sp³-hybridized carbons (Fsp3) is 0.455. The maximum absolute atomic E-state index is 12.6. The monoisotopic (exact) mass is 437 g/mol. The predicted molar refractivity (Wildman–Crippen MR) is 109 cm³/mol. The lowest BCUT2D eigenvalue weighted by atomic mass is 10.0. The van der Waals surface area contributed by atoms with E-state index in [4.69, 9.17) is 9.47 Å².